The molecule has 0 aliphatic rings. The zero-order valence-electron chi connectivity index (χ0n) is 10.4. The van der Waals surface area contributed by atoms with Gasteiger partial charge < -0.3 is 4.43 Å². The van der Waals surface area contributed by atoms with Gasteiger partial charge in [-0.15, -0.1) is 0 Å². The molecular formula is C15H16O2Si. The molecule has 0 aromatic heterocycles. The largest absolute Gasteiger partial charge is 0.524 e. The first-order valence-electron chi connectivity index (χ1n) is 6.00. The first-order chi connectivity index (χ1) is 8.77. The van der Waals surface area contributed by atoms with Crippen molar-refractivity contribution in [3.63, 3.8) is 0 Å². The molecular weight excluding hydrogens is 240 g/mol. The smallest absolute Gasteiger partial charge is 0.288 e. The standard InChI is InChI=1S/C15H16O2Si/c1-12(16)17-18-15(13-8-4-2-5-9-13)14-10-6-3-7-11-14/h2-11,15H,18H2,1H3. The predicted molar refractivity (Wildman–Crippen MR) is 75.0 cm³/mol. The molecule has 0 fully saturated rings. The predicted octanol–water partition coefficient (Wildman–Crippen LogP) is 2.42. The van der Waals surface area contributed by atoms with E-state index in [0.717, 1.165) is 0 Å². The van der Waals surface area contributed by atoms with E-state index in [1.165, 1.54) is 18.1 Å². The van der Waals surface area contributed by atoms with Crippen LogP contribution < -0.4 is 0 Å². The Morgan fingerprint density at radius 2 is 1.39 bits per heavy atom. The quantitative estimate of drug-likeness (QED) is 0.785. The van der Waals surface area contributed by atoms with E-state index in [9.17, 15) is 4.79 Å². The van der Waals surface area contributed by atoms with Crippen molar-refractivity contribution in [2.45, 2.75) is 12.5 Å². The fraction of sp³-hybridized carbons (Fsp3) is 0.133. The third-order valence-corrected chi connectivity index (χ3v) is 4.71. The minimum absolute atomic E-state index is 0.182. The van der Waals surface area contributed by atoms with Crippen molar-refractivity contribution in [1.29, 1.82) is 0 Å². The molecule has 0 bridgehead atoms. The second-order valence-electron chi connectivity index (χ2n) is 4.18. The summed E-state index contributed by atoms with van der Waals surface area (Å²) in [5, 5.41) is 0. The van der Waals surface area contributed by atoms with E-state index >= 15 is 0 Å². The van der Waals surface area contributed by atoms with Crippen LogP contribution in [0.2, 0.25) is 0 Å². The van der Waals surface area contributed by atoms with Crippen LogP contribution in [-0.4, -0.2) is 15.7 Å². The lowest BCUT2D eigenvalue weighted by atomic mass is 10.0. The molecule has 2 aromatic carbocycles. The zero-order valence-corrected chi connectivity index (χ0v) is 11.8. The van der Waals surface area contributed by atoms with Crippen molar-refractivity contribution in [1.82, 2.24) is 0 Å². The summed E-state index contributed by atoms with van der Waals surface area (Å²) in [6, 6.07) is 20.4. The molecule has 0 radical (unpaired) electrons. The van der Waals surface area contributed by atoms with E-state index in [4.69, 9.17) is 4.43 Å². The molecule has 0 aliphatic heterocycles. The topological polar surface area (TPSA) is 26.3 Å². The molecule has 2 aromatic rings. The second kappa shape index (κ2) is 6.17. The minimum Gasteiger partial charge on any atom is -0.524 e. The van der Waals surface area contributed by atoms with Crippen LogP contribution in [0.4, 0.5) is 0 Å². The Hall–Kier alpha value is -1.87. The van der Waals surface area contributed by atoms with Crippen LogP contribution >= 0.6 is 0 Å². The first-order valence-corrected chi connectivity index (χ1v) is 7.40. The SMILES string of the molecule is CC(=O)O[SiH2]C(c1ccccc1)c1ccccc1. The first kappa shape index (κ1) is 12.6. The summed E-state index contributed by atoms with van der Waals surface area (Å²) < 4.78 is 5.31. The molecule has 2 nitrogen and oxygen atoms in total. The van der Waals surface area contributed by atoms with E-state index in [-0.39, 0.29) is 11.5 Å². The number of hydrogen-bond acceptors (Lipinski definition) is 2. The maximum Gasteiger partial charge on any atom is 0.288 e. The zero-order chi connectivity index (χ0) is 12.8. The van der Waals surface area contributed by atoms with Gasteiger partial charge in [-0.2, -0.15) is 0 Å². The summed E-state index contributed by atoms with van der Waals surface area (Å²) in [7, 11) is -0.968. The molecule has 0 saturated heterocycles. The fourth-order valence-electron chi connectivity index (χ4n) is 1.96. The lowest BCUT2D eigenvalue weighted by molar-refractivity contribution is -0.131. The van der Waals surface area contributed by atoms with Gasteiger partial charge in [-0.1, -0.05) is 60.7 Å². The molecule has 0 unspecified atom stereocenters. The van der Waals surface area contributed by atoms with Gasteiger partial charge in [0.1, 0.15) is 0 Å². The van der Waals surface area contributed by atoms with E-state index in [1.54, 1.807) is 0 Å². The Labute approximate surface area is 110 Å². The Morgan fingerprint density at radius 3 is 1.78 bits per heavy atom. The van der Waals surface area contributed by atoms with Gasteiger partial charge in [0.2, 0.25) is 9.76 Å². The van der Waals surface area contributed by atoms with Crippen molar-refractivity contribution in [3.8, 4) is 0 Å². The molecule has 0 amide bonds. The van der Waals surface area contributed by atoms with Crippen LogP contribution in [0.25, 0.3) is 0 Å². The van der Waals surface area contributed by atoms with Crippen LogP contribution in [0.15, 0.2) is 60.7 Å². The van der Waals surface area contributed by atoms with Crippen molar-refractivity contribution in [3.05, 3.63) is 71.8 Å². The molecule has 0 N–H and O–H groups in total. The number of carbonyl (C=O) groups excluding carboxylic acids is 1. The van der Waals surface area contributed by atoms with Crippen LogP contribution in [-0.2, 0) is 9.22 Å². The van der Waals surface area contributed by atoms with Gasteiger partial charge >= 0.3 is 0 Å². The molecule has 0 heterocycles. The van der Waals surface area contributed by atoms with Gasteiger partial charge in [-0.25, -0.2) is 0 Å². The third-order valence-electron chi connectivity index (χ3n) is 2.86. The number of benzene rings is 2. The number of carbonyl (C=O) groups is 1. The minimum atomic E-state index is -0.968. The summed E-state index contributed by atoms with van der Waals surface area (Å²) >= 11 is 0. The van der Waals surface area contributed by atoms with Crippen LogP contribution in [0, 0.1) is 0 Å². The van der Waals surface area contributed by atoms with Crippen LogP contribution in [0.5, 0.6) is 0 Å². The fourth-order valence-corrected chi connectivity index (χ4v) is 3.29. The van der Waals surface area contributed by atoms with Gasteiger partial charge in [0, 0.05) is 12.5 Å². The molecule has 0 saturated carbocycles. The molecule has 0 spiro atoms. The molecule has 0 aliphatic carbocycles. The normalized spacial score (nSPS) is 11.0. The lowest BCUT2D eigenvalue weighted by Crippen LogP contribution is -2.15. The van der Waals surface area contributed by atoms with E-state index in [2.05, 4.69) is 24.3 Å². The monoisotopic (exact) mass is 256 g/mol. The van der Waals surface area contributed by atoms with Gasteiger partial charge in [-0.3, -0.25) is 4.79 Å². The summed E-state index contributed by atoms with van der Waals surface area (Å²) in [6.07, 6.45) is 0. The highest BCUT2D eigenvalue weighted by Crippen LogP contribution is 2.23. The average molecular weight is 256 g/mol. The lowest BCUT2D eigenvalue weighted by Gasteiger charge is -2.16. The van der Waals surface area contributed by atoms with Gasteiger partial charge in [0.15, 0.2) is 0 Å². The highest BCUT2D eigenvalue weighted by atomic mass is 28.2. The molecule has 18 heavy (non-hydrogen) atoms. The summed E-state index contributed by atoms with van der Waals surface area (Å²) in [6.45, 7) is 1.47. The summed E-state index contributed by atoms with van der Waals surface area (Å²) in [5.41, 5.74) is 2.67. The highest BCUT2D eigenvalue weighted by Gasteiger charge is 2.16. The molecule has 92 valence electrons. The van der Waals surface area contributed by atoms with Crippen molar-refractivity contribution in [2.75, 3.05) is 0 Å². The Balaban J connectivity index is 2.26. The van der Waals surface area contributed by atoms with Crippen LogP contribution in [0.1, 0.15) is 23.6 Å². The van der Waals surface area contributed by atoms with Gasteiger partial charge in [0.05, 0.1) is 0 Å². The van der Waals surface area contributed by atoms with E-state index in [1.807, 2.05) is 36.4 Å². The third kappa shape index (κ3) is 3.31. The van der Waals surface area contributed by atoms with Crippen LogP contribution in [0.3, 0.4) is 0 Å². The molecule has 3 heteroatoms. The molecule has 0 atom stereocenters. The Kier molecular flexibility index (Phi) is 4.31. The van der Waals surface area contributed by atoms with Gasteiger partial charge in [-0.05, 0) is 11.1 Å². The second-order valence-corrected chi connectivity index (χ2v) is 5.62. The maximum absolute atomic E-state index is 11.0. The Morgan fingerprint density at radius 1 is 0.944 bits per heavy atom. The van der Waals surface area contributed by atoms with E-state index < -0.39 is 9.76 Å². The van der Waals surface area contributed by atoms with Crippen molar-refractivity contribution < 1.29 is 9.22 Å². The Bertz CT molecular complexity index is 457. The summed E-state index contributed by atoms with van der Waals surface area (Å²) in [4.78, 5) is 11.0. The number of rotatable bonds is 4. The highest BCUT2D eigenvalue weighted by molar-refractivity contribution is 6.34. The molecule has 2 rings (SSSR count). The maximum atomic E-state index is 11.0. The van der Waals surface area contributed by atoms with Gasteiger partial charge in [0.25, 0.3) is 5.97 Å². The van der Waals surface area contributed by atoms with Crippen molar-refractivity contribution in [2.24, 2.45) is 0 Å². The van der Waals surface area contributed by atoms with Crippen molar-refractivity contribution >= 4 is 15.7 Å². The average Bonchev–Trinajstić information content (AvgIpc) is 2.41. The van der Waals surface area contributed by atoms with E-state index in [0.29, 0.717) is 0 Å². The number of hydrogen-bond donors (Lipinski definition) is 0. The summed E-state index contributed by atoms with van der Waals surface area (Å²) in [5.74, 6) is -0.182.